The number of carbonyl (C=O) groups is 2. The average Bonchev–Trinajstić information content (AvgIpc) is 2.55. The number of primary amides is 1. The molecule has 2 aromatic carbocycles. The maximum absolute atomic E-state index is 12.1. The zero-order valence-electron chi connectivity index (χ0n) is 13.3. The van der Waals surface area contributed by atoms with E-state index in [1.165, 1.54) is 0 Å². The molecule has 0 aliphatic rings. The van der Waals surface area contributed by atoms with Crippen LogP contribution in [0.1, 0.15) is 31.8 Å². The van der Waals surface area contributed by atoms with E-state index < -0.39 is 5.91 Å². The lowest BCUT2D eigenvalue weighted by atomic mass is 10.1. The third-order valence-electron chi connectivity index (χ3n) is 3.55. The van der Waals surface area contributed by atoms with E-state index in [-0.39, 0.29) is 5.91 Å². The number of benzene rings is 2. The molecule has 2 amide bonds. The van der Waals surface area contributed by atoms with E-state index in [1.54, 1.807) is 31.4 Å². The summed E-state index contributed by atoms with van der Waals surface area (Å²) in [5, 5.41) is 2.86. The van der Waals surface area contributed by atoms with Crippen molar-refractivity contribution in [1.29, 1.82) is 0 Å². The lowest BCUT2D eigenvalue weighted by molar-refractivity contribution is 0.0951. The minimum absolute atomic E-state index is 0.187. The van der Waals surface area contributed by atoms with E-state index >= 15 is 0 Å². The van der Waals surface area contributed by atoms with E-state index in [4.69, 9.17) is 10.5 Å². The first kappa shape index (κ1) is 16.5. The highest BCUT2D eigenvalue weighted by Gasteiger charge is 2.08. The smallest absolute Gasteiger partial charge is 0.251 e. The van der Waals surface area contributed by atoms with Crippen LogP contribution in [-0.2, 0) is 6.42 Å². The number of nitrogens with two attached hydrogens (primary N) is 1. The van der Waals surface area contributed by atoms with Crippen molar-refractivity contribution in [3.05, 3.63) is 64.7 Å². The van der Waals surface area contributed by atoms with Gasteiger partial charge in [-0.2, -0.15) is 0 Å². The molecule has 23 heavy (non-hydrogen) atoms. The Balaban J connectivity index is 1.94. The average molecular weight is 312 g/mol. The quantitative estimate of drug-likeness (QED) is 0.857. The van der Waals surface area contributed by atoms with Gasteiger partial charge in [0.15, 0.2) is 0 Å². The van der Waals surface area contributed by atoms with Crippen LogP contribution in [0.25, 0.3) is 0 Å². The molecule has 0 atom stereocenters. The molecule has 0 radical (unpaired) electrons. The first-order valence-electron chi connectivity index (χ1n) is 7.33. The molecule has 5 heteroatoms. The molecule has 5 nitrogen and oxygen atoms in total. The highest BCUT2D eigenvalue weighted by molar-refractivity contribution is 5.97. The molecule has 0 fully saturated rings. The Hall–Kier alpha value is -2.82. The van der Waals surface area contributed by atoms with Gasteiger partial charge in [-0.25, -0.2) is 0 Å². The lowest BCUT2D eigenvalue weighted by Crippen LogP contribution is -2.26. The van der Waals surface area contributed by atoms with Crippen LogP contribution in [0.2, 0.25) is 0 Å². The minimum atomic E-state index is -0.511. The summed E-state index contributed by atoms with van der Waals surface area (Å²) in [5.41, 5.74) is 8.25. The number of amides is 2. The number of aryl methyl sites for hydroxylation is 1. The molecule has 2 aromatic rings. The molecule has 2 rings (SSSR count). The van der Waals surface area contributed by atoms with Crippen molar-refractivity contribution in [2.45, 2.75) is 13.3 Å². The van der Waals surface area contributed by atoms with Crippen LogP contribution >= 0.6 is 0 Å². The summed E-state index contributed by atoms with van der Waals surface area (Å²) in [5.74, 6) is 0.117. The summed E-state index contributed by atoms with van der Waals surface area (Å²) >= 11 is 0. The number of hydrogen-bond donors (Lipinski definition) is 2. The summed E-state index contributed by atoms with van der Waals surface area (Å²) in [7, 11) is 1.63. The summed E-state index contributed by atoms with van der Waals surface area (Å²) in [6.45, 7) is 2.51. The molecule has 0 aliphatic heterocycles. The molecule has 0 unspecified atom stereocenters. The molecule has 0 heterocycles. The normalized spacial score (nSPS) is 10.2. The number of hydrogen-bond acceptors (Lipinski definition) is 3. The summed E-state index contributed by atoms with van der Waals surface area (Å²) in [6, 6.07) is 12.2. The maximum Gasteiger partial charge on any atom is 0.251 e. The molecule has 3 N–H and O–H groups in total. The molecular formula is C18H20N2O3. The van der Waals surface area contributed by atoms with E-state index in [2.05, 4.69) is 5.32 Å². The third-order valence-corrected chi connectivity index (χ3v) is 3.55. The number of ether oxygens (including phenoxy) is 1. The van der Waals surface area contributed by atoms with Crippen molar-refractivity contribution in [2.24, 2.45) is 5.73 Å². The van der Waals surface area contributed by atoms with Crippen molar-refractivity contribution in [3.63, 3.8) is 0 Å². The second-order valence-electron chi connectivity index (χ2n) is 5.26. The standard InChI is InChI=1S/C18H20N2O3/c1-12-3-8-16(23-2)15(11-12)9-10-20-18(22)14-6-4-13(5-7-14)17(19)21/h3-8,11H,9-10H2,1-2H3,(H2,19,21)(H,20,22). The monoisotopic (exact) mass is 312 g/mol. The summed E-state index contributed by atoms with van der Waals surface area (Å²) < 4.78 is 5.32. The van der Waals surface area contributed by atoms with Crippen LogP contribution in [-0.4, -0.2) is 25.5 Å². The highest BCUT2D eigenvalue weighted by atomic mass is 16.5. The third kappa shape index (κ3) is 4.32. The Kier molecular flexibility index (Phi) is 5.36. The van der Waals surface area contributed by atoms with Gasteiger partial charge in [-0.3, -0.25) is 9.59 Å². The van der Waals surface area contributed by atoms with Crippen molar-refractivity contribution >= 4 is 11.8 Å². The number of carbonyl (C=O) groups excluding carboxylic acids is 2. The Bertz CT molecular complexity index is 709. The fraction of sp³-hybridized carbons (Fsp3) is 0.222. The van der Waals surface area contributed by atoms with Crippen LogP contribution in [0.15, 0.2) is 42.5 Å². The topological polar surface area (TPSA) is 81.4 Å². The largest absolute Gasteiger partial charge is 0.496 e. The highest BCUT2D eigenvalue weighted by Crippen LogP contribution is 2.19. The minimum Gasteiger partial charge on any atom is -0.496 e. The van der Waals surface area contributed by atoms with Gasteiger partial charge in [-0.05, 0) is 49.2 Å². The van der Waals surface area contributed by atoms with Crippen molar-refractivity contribution in [1.82, 2.24) is 5.32 Å². The van der Waals surface area contributed by atoms with Gasteiger partial charge in [0.1, 0.15) is 5.75 Å². The predicted octanol–water partition coefficient (Wildman–Crippen LogP) is 2.08. The van der Waals surface area contributed by atoms with Crippen LogP contribution in [0, 0.1) is 6.92 Å². The Morgan fingerprint density at radius 1 is 1.09 bits per heavy atom. The Morgan fingerprint density at radius 3 is 2.35 bits per heavy atom. The van der Waals surface area contributed by atoms with Gasteiger partial charge < -0.3 is 15.8 Å². The van der Waals surface area contributed by atoms with Gasteiger partial charge >= 0.3 is 0 Å². The predicted molar refractivity (Wildman–Crippen MR) is 88.7 cm³/mol. The second kappa shape index (κ2) is 7.45. The number of methoxy groups -OCH3 is 1. The van der Waals surface area contributed by atoms with E-state index in [0.717, 1.165) is 16.9 Å². The van der Waals surface area contributed by atoms with Gasteiger partial charge in [-0.15, -0.1) is 0 Å². The van der Waals surface area contributed by atoms with E-state index in [0.29, 0.717) is 24.1 Å². The summed E-state index contributed by atoms with van der Waals surface area (Å²) in [4.78, 5) is 23.1. The fourth-order valence-corrected chi connectivity index (χ4v) is 2.30. The van der Waals surface area contributed by atoms with Crippen LogP contribution < -0.4 is 15.8 Å². The van der Waals surface area contributed by atoms with Gasteiger partial charge in [0.2, 0.25) is 5.91 Å². The molecule has 0 spiro atoms. The van der Waals surface area contributed by atoms with Crippen molar-refractivity contribution < 1.29 is 14.3 Å². The molecule has 0 aliphatic carbocycles. The second-order valence-corrected chi connectivity index (χ2v) is 5.26. The summed E-state index contributed by atoms with van der Waals surface area (Å²) in [6.07, 6.45) is 0.677. The molecular weight excluding hydrogens is 292 g/mol. The van der Waals surface area contributed by atoms with Gasteiger partial charge in [0.05, 0.1) is 7.11 Å². The molecule has 0 aromatic heterocycles. The zero-order valence-corrected chi connectivity index (χ0v) is 13.3. The lowest BCUT2D eigenvalue weighted by Gasteiger charge is -2.10. The van der Waals surface area contributed by atoms with E-state index in [1.807, 2.05) is 25.1 Å². The Labute approximate surface area is 135 Å². The number of nitrogens with one attached hydrogen (secondary N) is 1. The van der Waals surface area contributed by atoms with Crippen molar-refractivity contribution in [3.8, 4) is 5.75 Å². The molecule has 0 saturated carbocycles. The van der Waals surface area contributed by atoms with Gasteiger partial charge in [-0.1, -0.05) is 17.7 Å². The zero-order chi connectivity index (χ0) is 16.8. The molecule has 0 bridgehead atoms. The van der Waals surface area contributed by atoms with Crippen LogP contribution in [0.5, 0.6) is 5.75 Å². The van der Waals surface area contributed by atoms with Crippen LogP contribution in [0.3, 0.4) is 0 Å². The van der Waals surface area contributed by atoms with E-state index in [9.17, 15) is 9.59 Å². The maximum atomic E-state index is 12.1. The van der Waals surface area contributed by atoms with Crippen LogP contribution in [0.4, 0.5) is 0 Å². The number of rotatable bonds is 6. The Morgan fingerprint density at radius 2 is 1.74 bits per heavy atom. The first-order valence-corrected chi connectivity index (χ1v) is 7.33. The SMILES string of the molecule is COc1ccc(C)cc1CCNC(=O)c1ccc(C(N)=O)cc1. The van der Waals surface area contributed by atoms with Gasteiger partial charge in [0.25, 0.3) is 5.91 Å². The van der Waals surface area contributed by atoms with Crippen molar-refractivity contribution in [2.75, 3.05) is 13.7 Å². The fourth-order valence-electron chi connectivity index (χ4n) is 2.30. The molecule has 120 valence electrons. The van der Waals surface area contributed by atoms with Gasteiger partial charge in [0, 0.05) is 17.7 Å². The first-order chi connectivity index (χ1) is 11.0. The molecule has 0 saturated heterocycles.